The number of likely N-dealkylation sites (tertiary alicyclic amines) is 1. The molecule has 0 aromatic rings. The average Bonchev–Trinajstić information content (AvgIpc) is 2.69. The number of carbonyl (C=O) groups excluding carboxylic acids is 3. The summed E-state index contributed by atoms with van der Waals surface area (Å²) in [4.78, 5) is 35.6. The number of nitrogens with zero attached hydrogens (tertiary/aromatic N) is 1. The quantitative estimate of drug-likeness (QED) is 0.371. The van der Waals surface area contributed by atoms with Gasteiger partial charge in [-0.2, -0.15) is 12.6 Å². The Hall–Kier alpha value is -1.32. The highest BCUT2D eigenvalue weighted by Crippen LogP contribution is 2.15. The van der Waals surface area contributed by atoms with Gasteiger partial charge in [-0.15, -0.1) is 0 Å². The SMILES string of the molecule is CC.CC(=O)CCC(=O)NCCOCCOCCOC(=O)N1CCC(S)CC1. The second-order valence-electron chi connectivity index (χ2n) is 6.11. The van der Waals surface area contributed by atoms with Gasteiger partial charge in [0, 0.05) is 37.7 Å². The maximum absolute atomic E-state index is 11.8. The molecule has 1 fully saturated rings. The summed E-state index contributed by atoms with van der Waals surface area (Å²) < 4.78 is 15.8. The first-order valence-corrected chi connectivity index (χ1v) is 10.5. The summed E-state index contributed by atoms with van der Waals surface area (Å²) in [7, 11) is 0. The highest BCUT2D eigenvalue weighted by atomic mass is 32.1. The van der Waals surface area contributed by atoms with Gasteiger partial charge >= 0.3 is 6.09 Å². The second kappa shape index (κ2) is 17.8. The van der Waals surface area contributed by atoms with Gasteiger partial charge in [-0.3, -0.25) is 4.79 Å². The zero-order valence-corrected chi connectivity index (χ0v) is 18.3. The number of amides is 2. The van der Waals surface area contributed by atoms with Crippen LogP contribution in [0.15, 0.2) is 0 Å². The van der Waals surface area contributed by atoms with Crippen LogP contribution in [0.25, 0.3) is 0 Å². The number of piperidine rings is 1. The van der Waals surface area contributed by atoms with Crippen molar-refractivity contribution >= 4 is 30.4 Å². The molecule has 164 valence electrons. The first kappa shape index (κ1) is 26.7. The van der Waals surface area contributed by atoms with E-state index in [1.54, 1.807) is 4.90 Å². The van der Waals surface area contributed by atoms with Gasteiger partial charge in [-0.1, -0.05) is 13.8 Å². The van der Waals surface area contributed by atoms with Crippen molar-refractivity contribution in [3.8, 4) is 0 Å². The van der Waals surface area contributed by atoms with Crippen LogP contribution in [0.2, 0.25) is 0 Å². The van der Waals surface area contributed by atoms with E-state index in [0.717, 1.165) is 12.8 Å². The van der Waals surface area contributed by atoms with Gasteiger partial charge < -0.3 is 29.2 Å². The lowest BCUT2D eigenvalue weighted by atomic mass is 10.1. The van der Waals surface area contributed by atoms with Crippen LogP contribution < -0.4 is 5.32 Å². The molecule has 0 saturated carbocycles. The second-order valence-corrected chi connectivity index (χ2v) is 6.84. The summed E-state index contributed by atoms with van der Waals surface area (Å²) in [5.74, 6) is -0.151. The first-order valence-electron chi connectivity index (χ1n) is 10.0. The molecule has 1 rings (SSSR count). The monoisotopic (exact) mass is 420 g/mol. The molecule has 2 amide bonds. The molecule has 0 bridgehead atoms. The van der Waals surface area contributed by atoms with E-state index < -0.39 is 0 Å². The van der Waals surface area contributed by atoms with Crippen LogP contribution in [-0.2, 0) is 23.8 Å². The number of ketones is 1. The Balaban J connectivity index is 0.00000352. The van der Waals surface area contributed by atoms with Crippen molar-refractivity contribution in [2.45, 2.75) is 51.7 Å². The van der Waals surface area contributed by atoms with E-state index >= 15 is 0 Å². The summed E-state index contributed by atoms with van der Waals surface area (Å²) in [5.41, 5.74) is 0. The van der Waals surface area contributed by atoms with Gasteiger partial charge in [0.1, 0.15) is 12.4 Å². The van der Waals surface area contributed by atoms with Gasteiger partial charge in [-0.05, 0) is 19.8 Å². The van der Waals surface area contributed by atoms with Crippen LogP contribution in [0, 0.1) is 0 Å². The molecule has 0 aromatic carbocycles. The molecule has 0 spiro atoms. The highest BCUT2D eigenvalue weighted by Gasteiger charge is 2.21. The van der Waals surface area contributed by atoms with Crippen LogP contribution in [0.5, 0.6) is 0 Å². The third-order valence-corrected chi connectivity index (χ3v) is 4.34. The van der Waals surface area contributed by atoms with E-state index in [4.69, 9.17) is 14.2 Å². The lowest BCUT2D eigenvalue weighted by Gasteiger charge is -2.28. The minimum Gasteiger partial charge on any atom is -0.447 e. The fourth-order valence-electron chi connectivity index (χ4n) is 2.29. The van der Waals surface area contributed by atoms with E-state index in [1.165, 1.54) is 6.92 Å². The minimum atomic E-state index is -0.300. The number of rotatable bonds is 12. The van der Waals surface area contributed by atoms with Crippen molar-refractivity contribution in [1.82, 2.24) is 10.2 Å². The number of carbonyl (C=O) groups is 3. The normalized spacial score (nSPS) is 14.1. The molecule has 1 N–H and O–H groups in total. The zero-order valence-electron chi connectivity index (χ0n) is 17.4. The average molecular weight is 421 g/mol. The largest absolute Gasteiger partial charge is 0.447 e. The van der Waals surface area contributed by atoms with Crippen molar-refractivity contribution in [3.63, 3.8) is 0 Å². The van der Waals surface area contributed by atoms with E-state index in [9.17, 15) is 14.4 Å². The van der Waals surface area contributed by atoms with Gasteiger partial charge in [0.25, 0.3) is 0 Å². The molecular formula is C19H36N2O6S. The molecule has 0 aliphatic carbocycles. The predicted molar refractivity (Wildman–Crippen MR) is 111 cm³/mol. The lowest BCUT2D eigenvalue weighted by Crippen LogP contribution is -2.39. The van der Waals surface area contributed by atoms with E-state index in [-0.39, 0.29) is 37.2 Å². The molecular weight excluding hydrogens is 384 g/mol. The van der Waals surface area contributed by atoms with Gasteiger partial charge in [0.15, 0.2) is 0 Å². The topological polar surface area (TPSA) is 94.2 Å². The van der Waals surface area contributed by atoms with Crippen LogP contribution in [0.3, 0.4) is 0 Å². The van der Waals surface area contributed by atoms with Crippen molar-refractivity contribution in [2.75, 3.05) is 52.7 Å². The predicted octanol–water partition coefficient (Wildman–Crippen LogP) is 2.06. The first-order chi connectivity index (χ1) is 13.5. The molecule has 28 heavy (non-hydrogen) atoms. The maximum Gasteiger partial charge on any atom is 0.409 e. The fourth-order valence-corrected chi connectivity index (χ4v) is 2.52. The Morgan fingerprint density at radius 3 is 2.14 bits per heavy atom. The van der Waals surface area contributed by atoms with E-state index in [0.29, 0.717) is 51.3 Å². The number of hydrogen-bond donors (Lipinski definition) is 2. The molecule has 0 aromatic heterocycles. The number of thiol groups is 1. The Morgan fingerprint density at radius 2 is 1.54 bits per heavy atom. The molecule has 9 heteroatoms. The Labute approximate surface area is 174 Å². The van der Waals surface area contributed by atoms with Crippen molar-refractivity contribution < 1.29 is 28.6 Å². The molecule has 1 aliphatic rings. The molecule has 1 heterocycles. The molecule has 1 saturated heterocycles. The lowest BCUT2D eigenvalue weighted by molar-refractivity contribution is -0.124. The van der Waals surface area contributed by atoms with Crippen LogP contribution in [-0.4, -0.2) is 80.6 Å². The van der Waals surface area contributed by atoms with Crippen LogP contribution in [0.4, 0.5) is 4.79 Å². The van der Waals surface area contributed by atoms with Crippen molar-refractivity contribution in [1.29, 1.82) is 0 Å². The Bertz CT molecular complexity index is 442. The number of ether oxygens (including phenoxy) is 3. The van der Waals surface area contributed by atoms with E-state index in [2.05, 4.69) is 17.9 Å². The third kappa shape index (κ3) is 14.7. The minimum absolute atomic E-state index is 0.00135. The smallest absolute Gasteiger partial charge is 0.409 e. The van der Waals surface area contributed by atoms with Crippen LogP contribution in [0.1, 0.15) is 46.5 Å². The third-order valence-electron chi connectivity index (χ3n) is 3.82. The zero-order chi connectivity index (χ0) is 21.2. The Morgan fingerprint density at radius 1 is 0.964 bits per heavy atom. The van der Waals surface area contributed by atoms with Gasteiger partial charge in [-0.25, -0.2) is 4.79 Å². The van der Waals surface area contributed by atoms with Crippen molar-refractivity contribution in [3.05, 3.63) is 0 Å². The van der Waals surface area contributed by atoms with Gasteiger partial charge in [0.2, 0.25) is 5.91 Å². The summed E-state index contributed by atoms with van der Waals surface area (Å²) in [6, 6.07) is 0. The summed E-state index contributed by atoms with van der Waals surface area (Å²) in [6.07, 6.45) is 1.96. The Kier molecular flexibility index (Phi) is 16.9. The number of nitrogens with one attached hydrogen (secondary N) is 1. The summed E-state index contributed by atoms with van der Waals surface area (Å²) in [6.45, 7) is 8.94. The molecule has 0 atom stereocenters. The molecule has 8 nitrogen and oxygen atoms in total. The molecule has 0 unspecified atom stereocenters. The van der Waals surface area contributed by atoms with Crippen LogP contribution >= 0.6 is 12.6 Å². The highest BCUT2D eigenvalue weighted by molar-refractivity contribution is 7.80. The fraction of sp³-hybridized carbons (Fsp3) is 0.842. The summed E-state index contributed by atoms with van der Waals surface area (Å²) >= 11 is 4.39. The molecule has 0 radical (unpaired) electrons. The number of hydrogen-bond acceptors (Lipinski definition) is 7. The number of Topliss-reactive ketones (excluding diaryl/α,β-unsaturated/α-hetero) is 1. The summed E-state index contributed by atoms with van der Waals surface area (Å²) in [5, 5.41) is 3.04. The van der Waals surface area contributed by atoms with E-state index in [1.807, 2.05) is 13.8 Å². The van der Waals surface area contributed by atoms with Gasteiger partial charge in [0.05, 0.1) is 26.4 Å². The molecule has 1 aliphatic heterocycles. The van der Waals surface area contributed by atoms with Crippen molar-refractivity contribution in [2.24, 2.45) is 0 Å². The standard InChI is InChI=1S/C17H30N2O6S.C2H6/c1-14(20)2-3-16(21)18-6-9-23-10-11-24-12-13-25-17(22)19-7-4-15(26)5-8-19;1-2/h15,26H,2-13H2,1H3,(H,18,21);1-2H3. The maximum atomic E-state index is 11.8.